The van der Waals surface area contributed by atoms with Gasteiger partial charge in [-0.05, 0) is 45.1 Å². The summed E-state index contributed by atoms with van der Waals surface area (Å²) in [5, 5.41) is 2.48. The van der Waals surface area contributed by atoms with Crippen LogP contribution < -0.4 is 11.1 Å². The smallest absolute Gasteiger partial charge is 0.313 e. The Morgan fingerprint density at radius 1 is 1.22 bits per heavy atom. The number of carbonyl (C=O) groups excluding carboxylic acids is 3. The van der Waals surface area contributed by atoms with Gasteiger partial charge >= 0.3 is 11.8 Å². The van der Waals surface area contributed by atoms with Crippen molar-refractivity contribution in [2.45, 2.75) is 18.9 Å². The largest absolute Gasteiger partial charge is 0.366 e. The molecule has 0 atom stereocenters. The Balaban J connectivity index is 2.03. The van der Waals surface area contributed by atoms with E-state index < -0.39 is 17.7 Å². The summed E-state index contributed by atoms with van der Waals surface area (Å²) in [6.07, 6.45) is 1.67. The lowest BCUT2D eigenvalue weighted by Crippen LogP contribution is -2.48. The molecule has 0 aromatic heterocycles. The van der Waals surface area contributed by atoms with Gasteiger partial charge in [0.25, 0.3) is 5.91 Å². The first-order valence-electron chi connectivity index (χ1n) is 7.55. The predicted molar refractivity (Wildman–Crippen MR) is 86.9 cm³/mol. The van der Waals surface area contributed by atoms with Gasteiger partial charge in [0.15, 0.2) is 0 Å². The number of nitrogens with one attached hydrogen (secondary N) is 1. The Bertz CT molecular complexity index is 609. The molecule has 3 N–H and O–H groups in total. The molecule has 0 bridgehead atoms. The number of amides is 3. The fourth-order valence-corrected chi connectivity index (χ4v) is 2.69. The van der Waals surface area contributed by atoms with E-state index in [2.05, 4.69) is 10.2 Å². The molecule has 23 heavy (non-hydrogen) atoms. The molecule has 7 heteroatoms. The number of hydrogen-bond donors (Lipinski definition) is 2. The lowest BCUT2D eigenvalue weighted by molar-refractivity contribution is -0.144. The van der Waals surface area contributed by atoms with Gasteiger partial charge in [0.1, 0.15) is 0 Å². The van der Waals surface area contributed by atoms with E-state index in [1.54, 1.807) is 25.2 Å². The number of nitrogens with two attached hydrogens (primary N) is 1. The molecule has 2 rings (SSSR count). The fourth-order valence-electron chi connectivity index (χ4n) is 2.69. The van der Waals surface area contributed by atoms with E-state index in [4.69, 9.17) is 5.73 Å². The van der Waals surface area contributed by atoms with Crippen molar-refractivity contribution >= 4 is 23.4 Å². The first-order chi connectivity index (χ1) is 10.9. The number of anilines is 1. The fraction of sp³-hybridized carbons (Fsp3) is 0.438. The molecule has 0 radical (unpaired) electrons. The number of hydrogen-bond acceptors (Lipinski definition) is 4. The molecular formula is C16H22N4O3. The highest BCUT2D eigenvalue weighted by molar-refractivity contribution is 6.39. The number of likely N-dealkylation sites (N-methyl/N-ethyl adjacent to an activating group) is 1. The van der Waals surface area contributed by atoms with E-state index in [1.807, 2.05) is 7.05 Å². The zero-order chi connectivity index (χ0) is 17.0. The van der Waals surface area contributed by atoms with Crippen molar-refractivity contribution in [1.29, 1.82) is 0 Å². The van der Waals surface area contributed by atoms with Gasteiger partial charge in [-0.1, -0.05) is 12.1 Å². The summed E-state index contributed by atoms with van der Waals surface area (Å²) in [5.74, 6) is -2.03. The summed E-state index contributed by atoms with van der Waals surface area (Å²) in [6, 6.07) is 6.40. The average molecular weight is 318 g/mol. The molecule has 1 fully saturated rings. The number of benzene rings is 1. The van der Waals surface area contributed by atoms with Crippen molar-refractivity contribution in [3.63, 3.8) is 0 Å². The molecule has 3 amide bonds. The Hall–Kier alpha value is -2.41. The number of likely N-dealkylation sites (tertiary alicyclic amines) is 1. The molecule has 1 aromatic rings. The summed E-state index contributed by atoms with van der Waals surface area (Å²) in [6.45, 7) is 1.79. The van der Waals surface area contributed by atoms with E-state index in [0.29, 0.717) is 0 Å². The molecule has 1 saturated heterocycles. The standard InChI is InChI=1S/C16H22N4O3/c1-19-9-7-11(8-10-19)20(2)16(23)15(22)18-13-6-4-3-5-12(13)14(17)21/h3-6,11H,7-10H2,1-2H3,(H2,17,21)(H,18,22). The van der Waals surface area contributed by atoms with Crippen LogP contribution in [0.15, 0.2) is 24.3 Å². The summed E-state index contributed by atoms with van der Waals surface area (Å²) in [4.78, 5) is 39.5. The normalized spacial score (nSPS) is 15.9. The second kappa shape index (κ2) is 7.23. The molecule has 0 aliphatic carbocycles. The third kappa shape index (κ3) is 4.07. The highest BCUT2D eigenvalue weighted by atomic mass is 16.2. The van der Waals surface area contributed by atoms with Crippen molar-refractivity contribution in [3.05, 3.63) is 29.8 Å². The van der Waals surface area contributed by atoms with E-state index in [1.165, 1.54) is 11.0 Å². The van der Waals surface area contributed by atoms with Crippen molar-refractivity contribution < 1.29 is 14.4 Å². The predicted octanol–water partition coefficient (Wildman–Crippen LogP) is 0.277. The van der Waals surface area contributed by atoms with Gasteiger partial charge < -0.3 is 20.9 Å². The third-order valence-corrected chi connectivity index (χ3v) is 4.19. The van der Waals surface area contributed by atoms with Crippen LogP contribution in [0.4, 0.5) is 5.69 Å². The lowest BCUT2D eigenvalue weighted by atomic mass is 10.0. The van der Waals surface area contributed by atoms with Crippen LogP contribution in [0.25, 0.3) is 0 Å². The maximum atomic E-state index is 12.3. The van der Waals surface area contributed by atoms with E-state index >= 15 is 0 Å². The lowest BCUT2D eigenvalue weighted by Gasteiger charge is -2.34. The van der Waals surface area contributed by atoms with Gasteiger partial charge in [0.2, 0.25) is 0 Å². The van der Waals surface area contributed by atoms with Crippen molar-refractivity contribution in [1.82, 2.24) is 9.80 Å². The molecule has 0 spiro atoms. The van der Waals surface area contributed by atoms with Crippen LogP contribution in [0.5, 0.6) is 0 Å². The monoisotopic (exact) mass is 318 g/mol. The molecule has 1 heterocycles. The van der Waals surface area contributed by atoms with Crippen LogP contribution in [0.1, 0.15) is 23.2 Å². The molecule has 0 unspecified atom stereocenters. The maximum Gasteiger partial charge on any atom is 0.313 e. The Morgan fingerprint density at radius 2 is 1.83 bits per heavy atom. The van der Waals surface area contributed by atoms with Gasteiger partial charge in [-0.3, -0.25) is 14.4 Å². The molecule has 7 nitrogen and oxygen atoms in total. The second-order valence-corrected chi connectivity index (χ2v) is 5.81. The quantitative estimate of drug-likeness (QED) is 0.782. The van der Waals surface area contributed by atoms with Crippen LogP contribution >= 0.6 is 0 Å². The Morgan fingerprint density at radius 3 is 2.43 bits per heavy atom. The minimum absolute atomic E-state index is 0.0517. The minimum atomic E-state index is -0.764. The second-order valence-electron chi connectivity index (χ2n) is 5.81. The SMILES string of the molecule is CN1CCC(N(C)C(=O)C(=O)Nc2ccccc2C(N)=O)CC1. The highest BCUT2D eigenvalue weighted by Gasteiger charge is 2.28. The van der Waals surface area contributed by atoms with Gasteiger partial charge in [-0.25, -0.2) is 0 Å². The van der Waals surface area contributed by atoms with Gasteiger partial charge in [-0.15, -0.1) is 0 Å². The van der Waals surface area contributed by atoms with Crippen LogP contribution in [-0.2, 0) is 9.59 Å². The van der Waals surface area contributed by atoms with Crippen LogP contribution in [0.3, 0.4) is 0 Å². The Labute approximate surface area is 135 Å². The average Bonchev–Trinajstić information content (AvgIpc) is 2.54. The van der Waals surface area contributed by atoms with Crippen molar-refractivity contribution in [3.8, 4) is 0 Å². The van der Waals surface area contributed by atoms with Gasteiger partial charge in [-0.2, -0.15) is 0 Å². The van der Waals surface area contributed by atoms with Crippen molar-refractivity contribution in [2.24, 2.45) is 5.73 Å². The summed E-state index contributed by atoms with van der Waals surface area (Å²) >= 11 is 0. The molecule has 1 aliphatic rings. The molecular weight excluding hydrogens is 296 g/mol. The van der Waals surface area contributed by atoms with Crippen LogP contribution in [0, 0.1) is 0 Å². The van der Waals surface area contributed by atoms with Gasteiger partial charge in [0.05, 0.1) is 11.3 Å². The van der Waals surface area contributed by atoms with Crippen LogP contribution in [0.2, 0.25) is 0 Å². The molecule has 1 aliphatic heterocycles. The number of carbonyl (C=O) groups is 3. The van der Waals surface area contributed by atoms with E-state index in [0.717, 1.165) is 25.9 Å². The summed E-state index contributed by atoms with van der Waals surface area (Å²) < 4.78 is 0. The first-order valence-corrected chi connectivity index (χ1v) is 7.55. The zero-order valence-electron chi connectivity index (χ0n) is 13.4. The summed E-state index contributed by atoms with van der Waals surface area (Å²) in [7, 11) is 3.67. The van der Waals surface area contributed by atoms with E-state index in [-0.39, 0.29) is 17.3 Å². The Kier molecular flexibility index (Phi) is 5.33. The molecule has 1 aromatic carbocycles. The zero-order valence-corrected chi connectivity index (χ0v) is 13.4. The third-order valence-electron chi connectivity index (χ3n) is 4.19. The van der Waals surface area contributed by atoms with Crippen molar-refractivity contribution in [2.75, 3.05) is 32.5 Å². The maximum absolute atomic E-state index is 12.3. The van der Waals surface area contributed by atoms with Gasteiger partial charge in [0, 0.05) is 13.1 Å². The first kappa shape index (κ1) is 17.0. The topological polar surface area (TPSA) is 95.7 Å². The molecule has 124 valence electrons. The number of primary amides is 1. The van der Waals surface area contributed by atoms with Crippen LogP contribution in [-0.4, -0.2) is 60.7 Å². The number of rotatable bonds is 3. The summed E-state index contributed by atoms with van der Waals surface area (Å²) in [5.41, 5.74) is 5.69. The van der Waals surface area contributed by atoms with E-state index in [9.17, 15) is 14.4 Å². The molecule has 0 saturated carbocycles. The number of piperidine rings is 1. The number of para-hydroxylation sites is 1. The minimum Gasteiger partial charge on any atom is -0.366 e. The highest BCUT2D eigenvalue weighted by Crippen LogP contribution is 2.17. The number of nitrogens with zero attached hydrogens (tertiary/aromatic N) is 2.